The minimum Gasteiger partial charge on any atom is -0.361 e. The van der Waals surface area contributed by atoms with Crippen LogP contribution in [0, 0.1) is 0 Å². The minimum absolute atomic E-state index is 0.00644. The molecule has 0 amide bonds. The number of fused-ring (bicyclic) bond motifs is 1. The van der Waals surface area contributed by atoms with Gasteiger partial charge in [0.2, 0.25) is 0 Å². The van der Waals surface area contributed by atoms with E-state index >= 15 is 0 Å². The molecular formula is C23H18BrNO. The molecule has 1 atom stereocenters. The summed E-state index contributed by atoms with van der Waals surface area (Å²) in [4.78, 5) is 16.2. The van der Waals surface area contributed by atoms with Gasteiger partial charge in [0.1, 0.15) is 0 Å². The summed E-state index contributed by atoms with van der Waals surface area (Å²) >= 11 is 3.50. The molecule has 0 aliphatic heterocycles. The highest BCUT2D eigenvalue weighted by Gasteiger charge is 2.22. The number of aromatic amines is 1. The number of carbonyl (C=O) groups is 1. The smallest absolute Gasteiger partial charge is 0.163 e. The minimum atomic E-state index is 0.00644. The van der Waals surface area contributed by atoms with E-state index in [9.17, 15) is 4.79 Å². The second-order valence-electron chi connectivity index (χ2n) is 6.39. The third kappa shape index (κ3) is 3.35. The number of Topliss-reactive ketones (excluding diaryl/α,β-unsaturated/α-hetero) is 1. The van der Waals surface area contributed by atoms with Crippen molar-refractivity contribution in [3.05, 3.63) is 106 Å². The average Bonchev–Trinajstić information content (AvgIpc) is 3.11. The topological polar surface area (TPSA) is 32.9 Å². The normalized spacial score (nSPS) is 12.2. The number of aromatic nitrogens is 1. The lowest BCUT2D eigenvalue weighted by atomic mass is 9.85. The van der Waals surface area contributed by atoms with Crippen molar-refractivity contribution < 1.29 is 4.79 Å². The van der Waals surface area contributed by atoms with Crippen LogP contribution in [0.2, 0.25) is 0 Å². The van der Waals surface area contributed by atoms with E-state index in [1.54, 1.807) is 0 Å². The van der Waals surface area contributed by atoms with E-state index in [0.29, 0.717) is 6.42 Å². The number of halogens is 1. The van der Waals surface area contributed by atoms with Gasteiger partial charge < -0.3 is 4.98 Å². The van der Waals surface area contributed by atoms with Gasteiger partial charge in [0.05, 0.1) is 0 Å². The number of hydrogen-bond donors (Lipinski definition) is 1. The zero-order valence-corrected chi connectivity index (χ0v) is 15.7. The van der Waals surface area contributed by atoms with Crippen LogP contribution in [-0.4, -0.2) is 10.8 Å². The molecule has 0 bridgehead atoms. The van der Waals surface area contributed by atoms with E-state index in [1.165, 1.54) is 5.39 Å². The molecule has 2 nitrogen and oxygen atoms in total. The first-order chi connectivity index (χ1) is 12.7. The lowest BCUT2D eigenvalue weighted by molar-refractivity contribution is 0.0978. The van der Waals surface area contributed by atoms with Crippen LogP contribution in [0.4, 0.5) is 0 Å². The second kappa shape index (κ2) is 7.30. The summed E-state index contributed by atoms with van der Waals surface area (Å²) in [6.45, 7) is 0. The number of ketones is 1. The van der Waals surface area contributed by atoms with Crippen LogP contribution >= 0.6 is 15.9 Å². The summed E-state index contributed by atoms with van der Waals surface area (Å²) < 4.78 is 1.04. The first kappa shape index (κ1) is 16.8. The van der Waals surface area contributed by atoms with E-state index in [1.807, 2.05) is 60.8 Å². The maximum atomic E-state index is 12.9. The molecule has 1 aromatic heterocycles. The molecule has 128 valence electrons. The number of hydrogen-bond acceptors (Lipinski definition) is 1. The third-order valence-electron chi connectivity index (χ3n) is 4.75. The van der Waals surface area contributed by atoms with Gasteiger partial charge in [-0.15, -0.1) is 0 Å². The average molecular weight is 404 g/mol. The molecule has 0 aliphatic rings. The molecule has 0 fully saturated rings. The Balaban J connectivity index is 1.77. The lowest BCUT2D eigenvalue weighted by Crippen LogP contribution is -2.09. The standard InChI is InChI=1S/C23H18BrNO/c24-18-12-10-16(11-13-18)20(14-23(26)17-6-2-1-3-7-17)21-15-25-22-9-5-4-8-19(21)22/h1-13,15,20,25H,14H2/t20-/m1/s1. The maximum absolute atomic E-state index is 12.9. The quantitative estimate of drug-likeness (QED) is 0.387. The monoisotopic (exact) mass is 403 g/mol. The van der Waals surface area contributed by atoms with Crippen LogP contribution in [0.25, 0.3) is 10.9 Å². The molecule has 3 aromatic carbocycles. The predicted molar refractivity (Wildman–Crippen MR) is 110 cm³/mol. The summed E-state index contributed by atoms with van der Waals surface area (Å²) in [5.74, 6) is 0.163. The van der Waals surface area contributed by atoms with Crippen molar-refractivity contribution in [2.75, 3.05) is 0 Å². The van der Waals surface area contributed by atoms with E-state index in [0.717, 1.165) is 26.7 Å². The number of benzene rings is 3. The fraction of sp³-hybridized carbons (Fsp3) is 0.0870. The highest BCUT2D eigenvalue weighted by Crippen LogP contribution is 2.34. The van der Waals surface area contributed by atoms with Gasteiger partial charge in [-0.25, -0.2) is 0 Å². The van der Waals surface area contributed by atoms with Crippen molar-refractivity contribution in [2.24, 2.45) is 0 Å². The lowest BCUT2D eigenvalue weighted by Gasteiger charge is -2.17. The number of rotatable bonds is 5. The van der Waals surface area contributed by atoms with Gasteiger partial charge in [-0.05, 0) is 29.3 Å². The highest BCUT2D eigenvalue weighted by molar-refractivity contribution is 9.10. The predicted octanol–water partition coefficient (Wildman–Crippen LogP) is 6.34. The van der Waals surface area contributed by atoms with Crippen LogP contribution in [0.1, 0.15) is 33.8 Å². The largest absolute Gasteiger partial charge is 0.361 e. The first-order valence-corrected chi connectivity index (χ1v) is 9.41. The van der Waals surface area contributed by atoms with Crippen molar-refractivity contribution in [1.82, 2.24) is 4.98 Å². The fourth-order valence-electron chi connectivity index (χ4n) is 3.41. The summed E-state index contributed by atoms with van der Waals surface area (Å²) in [6.07, 6.45) is 2.48. The molecule has 0 unspecified atom stereocenters. The summed E-state index contributed by atoms with van der Waals surface area (Å²) in [6, 6.07) is 26.0. The van der Waals surface area contributed by atoms with Crippen molar-refractivity contribution in [2.45, 2.75) is 12.3 Å². The Morgan fingerprint density at radius 3 is 2.35 bits per heavy atom. The van der Waals surface area contributed by atoms with Crippen LogP contribution < -0.4 is 0 Å². The summed E-state index contributed by atoms with van der Waals surface area (Å²) in [5, 5.41) is 1.17. The molecule has 3 heteroatoms. The molecule has 0 aliphatic carbocycles. The Bertz CT molecular complexity index is 1030. The zero-order valence-electron chi connectivity index (χ0n) is 14.2. The Kier molecular flexibility index (Phi) is 4.72. The van der Waals surface area contributed by atoms with Gasteiger partial charge in [-0.1, -0.05) is 76.6 Å². The molecule has 4 aromatic rings. The number of para-hydroxylation sites is 1. The SMILES string of the molecule is O=C(C[C@H](c1ccc(Br)cc1)c1c[nH]c2ccccc12)c1ccccc1. The second-order valence-corrected chi connectivity index (χ2v) is 7.30. The first-order valence-electron chi connectivity index (χ1n) is 8.62. The van der Waals surface area contributed by atoms with Crippen LogP contribution in [0.3, 0.4) is 0 Å². The van der Waals surface area contributed by atoms with Gasteiger partial charge >= 0.3 is 0 Å². The molecule has 0 saturated carbocycles. The number of nitrogens with one attached hydrogen (secondary N) is 1. The molecular weight excluding hydrogens is 386 g/mol. The van der Waals surface area contributed by atoms with Crippen molar-refractivity contribution in [1.29, 1.82) is 0 Å². The Morgan fingerprint density at radius 1 is 0.885 bits per heavy atom. The van der Waals surface area contributed by atoms with Crippen LogP contribution in [0.5, 0.6) is 0 Å². The highest BCUT2D eigenvalue weighted by atomic mass is 79.9. The molecule has 1 heterocycles. The van der Waals surface area contributed by atoms with Gasteiger partial charge in [-0.3, -0.25) is 4.79 Å². The van der Waals surface area contributed by atoms with Gasteiger partial charge in [0, 0.05) is 39.5 Å². The molecule has 4 rings (SSSR count). The number of H-pyrrole nitrogens is 1. The summed E-state index contributed by atoms with van der Waals surface area (Å²) in [7, 11) is 0. The molecule has 0 saturated heterocycles. The summed E-state index contributed by atoms with van der Waals surface area (Å²) in [5.41, 5.74) is 4.15. The van der Waals surface area contributed by atoms with Crippen molar-refractivity contribution in [3.63, 3.8) is 0 Å². The zero-order chi connectivity index (χ0) is 17.9. The van der Waals surface area contributed by atoms with E-state index in [2.05, 4.69) is 45.2 Å². The van der Waals surface area contributed by atoms with Crippen molar-refractivity contribution in [3.8, 4) is 0 Å². The van der Waals surface area contributed by atoms with Crippen molar-refractivity contribution >= 4 is 32.6 Å². The molecule has 1 N–H and O–H groups in total. The van der Waals surface area contributed by atoms with Crippen LogP contribution in [-0.2, 0) is 0 Å². The van der Waals surface area contributed by atoms with E-state index in [-0.39, 0.29) is 11.7 Å². The molecule has 0 spiro atoms. The maximum Gasteiger partial charge on any atom is 0.163 e. The number of carbonyl (C=O) groups excluding carboxylic acids is 1. The Labute approximate surface area is 161 Å². The van der Waals surface area contributed by atoms with E-state index < -0.39 is 0 Å². The molecule has 26 heavy (non-hydrogen) atoms. The van der Waals surface area contributed by atoms with Gasteiger partial charge in [0.15, 0.2) is 5.78 Å². The van der Waals surface area contributed by atoms with Crippen LogP contribution in [0.15, 0.2) is 89.5 Å². The Morgan fingerprint density at radius 2 is 1.58 bits per heavy atom. The van der Waals surface area contributed by atoms with Gasteiger partial charge in [0.25, 0.3) is 0 Å². The third-order valence-corrected chi connectivity index (χ3v) is 5.28. The van der Waals surface area contributed by atoms with Gasteiger partial charge in [-0.2, -0.15) is 0 Å². The van der Waals surface area contributed by atoms with E-state index in [4.69, 9.17) is 0 Å². The molecule has 0 radical (unpaired) electrons. The Hall–Kier alpha value is -2.65. The fourth-order valence-corrected chi connectivity index (χ4v) is 3.68.